The minimum Gasteiger partial charge on any atom is -0.325 e. The Morgan fingerprint density at radius 1 is 1.58 bits per heavy atom. The lowest BCUT2D eigenvalue weighted by molar-refractivity contribution is 0.502. The molecule has 0 bridgehead atoms. The normalized spacial score (nSPS) is 12.0. The van der Waals surface area contributed by atoms with E-state index in [2.05, 4.69) is 25.8 Å². The summed E-state index contributed by atoms with van der Waals surface area (Å²) >= 11 is 1.71. The first-order valence-corrected chi connectivity index (χ1v) is 5.13. The topological polar surface area (TPSA) is 38.9 Å². The molecule has 1 aromatic heterocycles. The molecule has 0 saturated heterocycles. The van der Waals surface area contributed by atoms with E-state index in [1.165, 1.54) is 5.01 Å². The number of thiazole rings is 1. The lowest BCUT2D eigenvalue weighted by Crippen LogP contribution is -2.15. The van der Waals surface area contributed by atoms with Crippen LogP contribution in [-0.2, 0) is 12.0 Å². The number of nitrogens with zero attached hydrogens (tertiary/aromatic N) is 1. The van der Waals surface area contributed by atoms with Crippen LogP contribution in [0.5, 0.6) is 0 Å². The molecule has 2 nitrogen and oxygen atoms in total. The van der Waals surface area contributed by atoms with Gasteiger partial charge in [0.15, 0.2) is 0 Å². The average molecular weight is 184 g/mol. The van der Waals surface area contributed by atoms with Crippen molar-refractivity contribution in [3.05, 3.63) is 16.1 Å². The first-order valence-electron chi connectivity index (χ1n) is 4.25. The Morgan fingerprint density at radius 3 is 2.67 bits per heavy atom. The van der Waals surface area contributed by atoms with E-state index in [9.17, 15) is 0 Å². The van der Waals surface area contributed by atoms with Gasteiger partial charge in [0.1, 0.15) is 0 Å². The van der Waals surface area contributed by atoms with Gasteiger partial charge in [-0.15, -0.1) is 11.3 Å². The largest absolute Gasteiger partial charge is 0.325 e. The van der Waals surface area contributed by atoms with Gasteiger partial charge in [0.2, 0.25) is 0 Å². The minimum absolute atomic E-state index is 0.206. The van der Waals surface area contributed by atoms with E-state index in [1.54, 1.807) is 11.3 Å². The minimum atomic E-state index is 0.206. The van der Waals surface area contributed by atoms with Gasteiger partial charge < -0.3 is 5.73 Å². The third kappa shape index (κ3) is 1.84. The molecule has 0 radical (unpaired) electrons. The molecule has 0 spiro atoms. The van der Waals surface area contributed by atoms with Crippen molar-refractivity contribution in [3.8, 4) is 0 Å². The Hall–Kier alpha value is -0.410. The molecule has 1 rings (SSSR count). The third-order valence-electron chi connectivity index (χ3n) is 2.22. The van der Waals surface area contributed by atoms with Crippen molar-refractivity contribution in [1.29, 1.82) is 0 Å². The summed E-state index contributed by atoms with van der Waals surface area (Å²) in [7, 11) is 0. The molecule has 0 aromatic carbocycles. The summed E-state index contributed by atoms with van der Waals surface area (Å²) in [5.41, 5.74) is 6.71. The zero-order valence-corrected chi connectivity index (χ0v) is 8.74. The molecule has 1 heterocycles. The molecule has 0 atom stereocenters. The molecule has 0 aliphatic rings. The highest BCUT2D eigenvalue weighted by atomic mass is 32.1. The second kappa shape index (κ2) is 3.54. The molecule has 0 unspecified atom stereocenters. The molecule has 0 aliphatic carbocycles. The van der Waals surface area contributed by atoms with Crippen LogP contribution in [-0.4, -0.2) is 4.98 Å². The summed E-state index contributed by atoms with van der Waals surface area (Å²) in [6.07, 6.45) is 1.12. The number of rotatable bonds is 3. The van der Waals surface area contributed by atoms with Gasteiger partial charge in [0.25, 0.3) is 0 Å². The first kappa shape index (κ1) is 9.68. The van der Waals surface area contributed by atoms with Gasteiger partial charge in [0.05, 0.1) is 10.7 Å². The van der Waals surface area contributed by atoms with Gasteiger partial charge in [-0.1, -0.05) is 20.8 Å². The number of hydrogen-bond acceptors (Lipinski definition) is 3. The lowest BCUT2D eigenvalue weighted by atomic mass is 9.91. The van der Waals surface area contributed by atoms with Crippen LogP contribution < -0.4 is 5.73 Å². The molecule has 0 fully saturated rings. The van der Waals surface area contributed by atoms with Gasteiger partial charge in [0, 0.05) is 17.3 Å². The Bertz CT molecular complexity index is 253. The summed E-state index contributed by atoms with van der Waals surface area (Å²) in [5.74, 6) is 0. The monoisotopic (exact) mass is 184 g/mol. The van der Waals surface area contributed by atoms with Crippen LogP contribution in [0.25, 0.3) is 0 Å². The highest BCUT2D eigenvalue weighted by Gasteiger charge is 2.21. The van der Waals surface area contributed by atoms with E-state index in [1.807, 2.05) is 5.38 Å². The van der Waals surface area contributed by atoms with E-state index in [4.69, 9.17) is 5.73 Å². The zero-order chi connectivity index (χ0) is 9.19. The van der Waals surface area contributed by atoms with Gasteiger partial charge >= 0.3 is 0 Å². The van der Waals surface area contributed by atoms with Crippen molar-refractivity contribution in [2.45, 2.75) is 39.2 Å². The summed E-state index contributed by atoms with van der Waals surface area (Å²) < 4.78 is 0. The molecule has 12 heavy (non-hydrogen) atoms. The molecular weight excluding hydrogens is 168 g/mol. The van der Waals surface area contributed by atoms with Crippen molar-refractivity contribution in [3.63, 3.8) is 0 Å². The van der Waals surface area contributed by atoms with E-state index in [-0.39, 0.29) is 5.41 Å². The summed E-state index contributed by atoms with van der Waals surface area (Å²) in [6, 6.07) is 0. The predicted molar refractivity (Wildman–Crippen MR) is 53.3 cm³/mol. The van der Waals surface area contributed by atoms with Crippen LogP contribution in [0.2, 0.25) is 0 Å². The molecular formula is C9H16N2S. The van der Waals surface area contributed by atoms with Crippen molar-refractivity contribution in [2.24, 2.45) is 5.73 Å². The van der Waals surface area contributed by atoms with Gasteiger partial charge in [-0.2, -0.15) is 0 Å². The van der Waals surface area contributed by atoms with Crippen LogP contribution in [0.15, 0.2) is 5.38 Å². The fraction of sp³-hybridized carbons (Fsp3) is 0.667. The Balaban J connectivity index is 2.88. The standard InChI is InChI=1S/C9H16N2S/c1-4-9(2,3)8-11-7(5-10)6-12-8/h6H,4-5,10H2,1-3H3. The second-order valence-corrected chi connectivity index (χ2v) is 4.44. The molecule has 68 valence electrons. The second-order valence-electron chi connectivity index (χ2n) is 3.59. The highest BCUT2D eigenvalue weighted by molar-refractivity contribution is 7.09. The van der Waals surface area contributed by atoms with Gasteiger partial charge in [-0.05, 0) is 6.42 Å². The van der Waals surface area contributed by atoms with Crippen LogP contribution in [0.4, 0.5) is 0 Å². The summed E-state index contributed by atoms with van der Waals surface area (Å²) in [5, 5.41) is 3.25. The SMILES string of the molecule is CCC(C)(C)c1nc(CN)cs1. The summed E-state index contributed by atoms with van der Waals surface area (Å²) in [6.45, 7) is 7.16. The van der Waals surface area contributed by atoms with E-state index >= 15 is 0 Å². The highest BCUT2D eigenvalue weighted by Crippen LogP contribution is 2.29. The van der Waals surface area contributed by atoms with Crippen molar-refractivity contribution < 1.29 is 0 Å². The van der Waals surface area contributed by atoms with E-state index in [0.717, 1.165) is 12.1 Å². The van der Waals surface area contributed by atoms with Crippen LogP contribution in [0.1, 0.15) is 37.9 Å². The molecule has 1 aromatic rings. The summed E-state index contributed by atoms with van der Waals surface area (Å²) in [4.78, 5) is 4.46. The van der Waals surface area contributed by atoms with E-state index in [0.29, 0.717) is 6.54 Å². The molecule has 0 aliphatic heterocycles. The van der Waals surface area contributed by atoms with Crippen LogP contribution in [0.3, 0.4) is 0 Å². The lowest BCUT2D eigenvalue weighted by Gasteiger charge is -2.18. The van der Waals surface area contributed by atoms with Crippen LogP contribution >= 0.6 is 11.3 Å². The zero-order valence-electron chi connectivity index (χ0n) is 7.92. The first-order chi connectivity index (χ1) is 5.60. The maximum absolute atomic E-state index is 5.49. The van der Waals surface area contributed by atoms with Crippen molar-refractivity contribution >= 4 is 11.3 Å². The fourth-order valence-corrected chi connectivity index (χ4v) is 1.89. The van der Waals surface area contributed by atoms with Crippen molar-refractivity contribution in [2.75, 3.05) is 0 Å². The Labute approximate surface area is 77.8 Å². The predicted octanol–water partition coefficient (Wildman–Crippen LogP) is 2.29. The Kier molecular flexibility index (Phi) is 2.85. The number of hydrogen-bond donors (Lipinski definition) is 1. The van der Waals surface area contributed by atoms with E-state index < -0.39 is 0 Å². The number of nitrogens with two attached hydrogens (primary N) is 1. The average Bonchev–Trinajstić information content (AvgIpc) is 2.52. The van der Waals surface area contributed by atoms with Crippen molar-refractivity contribution in [1.82, 2.24) is 4.98 Å². The molecule has 3 heteroatoms. The maximum Gasteiger partial charge on any atom is 0.0985 e. The smallest absolute Gasteiger partial charge is 0.0985 e. The molecule has 0 amide bonds. The quantitative estimate of drug-likeness (QED) is 0.782. The van der Waals surface area contributed by atoms with Crippen LogP contribution in [0, 0.1) is 0 Å². The van der Waals surface area contributed by atoms with Gasteiger partial charge in [-0.25, -0.2) is 4.98 Å². The molecule has 0 saturated carbocycles. The third-order valence-corrected chi connectivity index (χ3v) is 3.48. The molecule has 2 N–H and O–H groups in total. The maximum atomic E-state index is 5.49. The fourth-order valence-electron chi connectivity index (χ4n) is 0.863. The van der Waals surface area contributed by atoms with Gasteiger partial charge in [-0.3, -0.25) is 0 Å². The Morgan fingerprint density at radius 2 is 2.25 bits per heavy atom. The number of aromatic nitrogens is 1.